The zero-order valence-electron chi connectivity index (χ0n) is 11.2. The SMILES string of the molecule is CCC1CCN(CC(=O)c2c(F)cccc2F)CC1. The van der Waals surface area contributed by atoms with Gasteiger partial charge in [0, 0.05) is 0 Å². The topological polar surface area (TPSA) is 20.3 Å². The summed E-state index contributed by atoms with van der Waals surface area (Å²) in [5.41, 5.74) is -0.403. The van der Waals surface area contributed by atoms with E-state index in [0.717, 1.165) is 50.4 Å². The van der Waals surface area contributed by atoms with Crippen molar-refractivity contribution < 1.29 is 13.6 Å². The maximum Gasteiger partial charge on any atom is 0.182 e. The first kappa shape index (κ1) is 14.1. The van der Waals surface area contributed by atoms with Gasteiger partial charge in [-0.25, -0.2) is 8.78 Å². The molecule has 0 atom stereocenters. The van der Waals surface area contributed by atoms with Gasteiger partial charge < -0.3 is 0 Å². The zero-order valence-corrected chi connectivity index (χ0v) is 11.2. The second-order valence-corrected chi connectivity index (χ2v) is 5.15. The predicted molar refractivity (Wildman–Crippen MR) is 70.1 cm³/mol. The molecule has 0 bridgehead atoms. The maximum absolute atomic E-state index is 13.5. The number of hydrogen-bond donors (Lipinski definition) is 0. The van der Waals surface area contributed by atoms with E-state index in [4.69, 9.17) is 0 Å². The van der Waals surface area contributed by atoms with Gasteiger partial charge in [0.2, 0.25) is 0 Å². The standard InChI is InChI=1S/C15H19F2NO/c1-2-11-6-8-18(9-7-11)10-14(19)15-12(16)4-3-5-13(15)17/h3-5,11H,2,6-10H2,1H3. The van der Waals surface area contributed by atoms with Crippen LogP contribution in [-0.2, 0) is 0 Å². The van der Waals surface area contributed by atoms with E-state index < -0.39 is 23.0 Å². The summed E-state index contributed by atoms with van der Waals surface area (Å²) in [7, 11) is 0. The van der Waals surface area contributed by atoms with Gasteiger partial charge in [0.1, 0.15) is 11.6 Å². The molecule has 0 saturated carbocycles. The van der Waals surface area contributed by atoms with Crippen LogP contribution in [0, 0.1) is 17.6 Å². The molecule has 0 aliphatic carbocycles. The molecule has 0 amide bonds. The van der Waals surface area contributed by atoms with Crippen LogP contribution in [0.2, 0.25) is 0 Å². The number of benzene rings is 1. The molecule has 4 heteroatoms. The third-order valence-corrected chi connectivity index (χ3v) is 3.89. The maximum atomic E-state index is 13.5. The number of hydrogen-bond acceptors (Lipinski definition) is 2. The molecule has 1 fully saturated rings. The fraction of sp³-hybridized carbons (Fsp3) is 0.533. The molecule has 2 nitrogen and oxygen atoms in total. The smallest absolute Gasteiger partial charge is 0.182 e. The molecule has 0 N–H and O–H groups in total. The largest absolute Gasteiger partial charge is 0.296 e. The minimum atomic E-state index is -0.770. The molecular formula is C15H19F2NO. The number of Topliss-reactive ketones (excluding diaryl/α,β-unsaturated/α-hetero) is 1. The van der Waals surface area contributed by atoms with E-state index in [0.29, 0.717) is 0 Å². The molecule has 0 unspecified atom stereocenters. The first-order valence-electron chi connectivity index (χ1n) is 6.81. The lowest BCUT2D eigenvalue weighted by Crippen LogP contribution is -2.37. The van der Waals surface area contributed by atoms with Gasteiger partial charge in [-0.15, -0.1) is 0 Å². The Morgan fingerprint density at radius 3 is 2.37 bits per heavy atom. The van der Waals surface area contributed by atoms with Crippen LogP contribution in [-0.4, -0.2) is 30.3 Å². The van der Waals surface area contributed by atoms with Gasteiger partial charge in [0.05, 0.1) is 12.1 Å². The van der Waals surface area contributed by atoms with Crippen molar-refractivity contribution in [2.75, 3.05) is 19.6 Å². The Morgan fingerprint density at radius 1 is 1.26 bits per heavy atom. The van der Waals surface area contributed by atoms with Gasteiger partial charge in [-0.1, -0.05) is 19.4 Å². The monoisotopic (exact) mass is 267 g/mol. The molecule has 1 heterocycles. The van der Waals surface area contributed by atoms with Crippen LogP contribution in [0.4, 0.5) is 8.78 Å². The van der Waals surface area contributed by atoms with Gasteiger partial charge in [-0.05, 0) is 44.0 Å². The summed E-state index contributed by atoms with van der Waals surface area (Å²) < 4.78 is 27.0. The number of carbonyl (C=O) groups is 1. The van der Waals surface area contributed by atoms with E-state index in [1.165, 1.54) is 6.07 Å². The molecule has 1 aliphatic rings. The number of carbonyl (C=O) groups excluding carboxylic acids is 1. The van der Waals surface area contributed by atoms with Crippen molar-refractivity contribution >= 4 is 5.78 Å². The van der Waals surface area contributed by atoms with Crippen LogP contribution >= 0.6 is 0 Å². The first-order valence-corrected chi connectivity index (χ1v) is 6.81. The van der Waals surface area contributed by atoms with E-state index in [-0.39, 0.29) is 6.54 Å². The summed E-state index contributed by atoms with van der Waals surface area (Å²) in [5.74, 6) is -1.29. The summed E-state index contributed by atoms with van der Waals surface area (Å²) in [5, 5.41) is 0. The van der Waals surface area contributed by atoms with Gasteiger partial charge >= 0.3 is 0 Å². The first-order chi connectivity index (χ1) is 9.11. The van der Waals surface area contributed by atoms with Crippen LogP contribution < -0.4 is 0 Å². The fourth-order valence-corrected chi connectivity index (χ4v) is 2.60. The molecule has 0 radical (unpaired) electrons. The zero-order chi connectivity index (χ0) is 13.8. The van der Waals surface area contributed by atoms with Crippen LogP contribution in [0.15, 0.2) is 18.2 Å². The number of nitrogens with zero attached hydrogens (tertiary/aromatic N) is 1. The predicted octanol–water partition coefficient (Wildman–Crippen LogP) is 3.27. The molecule has 1 aromatic rings. The Morgan fingerprint density at radius 2 is 1.84 bits per heavy atom. The summed E-state index contributed by atoms with van der Waals surface area (Å²) in [6.07, 6.45) is 3.27. The minimum absolute atomic E-state index is 0.105. The third-order valence-electron chi connectivity index (χ3n) is 3.89. The van der Waals surface area contributed by atoms with Gasteiger partial charge in [-0.3, -0.25) is 9.69 Å². The number of rotatable bonds is 4. The highest BCUT2D eigenvalue weighted by molar-refractivity contribution is 5.98. The number of piperidine rings is 1. The molecule has 19 heavy (non-hydrogen) atoms. The van der Waals surface area contributed by atoms with Gasteiger partial charge in [-0.2, -0.15) is 0 Å². The van der Waals surface area contributed by atoms with Crippen LogP contribution in [0.3, 0.4) is 0 Å². The van der Waals surface area contributed by atoms with Crippen molar-refractivity contribution in [1.29, 1.82) is 0 Å². The Hall–Kier alpha value is -1.29. The highest BCUT2D eigenvalue weighted by Crippen LogP contribution is 2.20. The lowest BCUT2D eigenvalue weighted by atomic mass is 9.94. The average molecular weight is 267 g/mol. The second kappa shape index (κ2) is 6.24. The van der Waals surface area contributed by atoms with Crippen LogP contribution in [0.1, 0.15) is 36.5 Å². The summed E-state index contributed by atoms with van der Waals surface area (Å²) in [4.78, 5) is 14.0. The van der Waals surface area contributed by atoms with Crippen molar-refractivity contribution in [3.8, 4) is 0 Å². The van der Waals surface area contributed by atoms with Crippen molar-refractivity contribution in [3.63, 3.8) is 0 Å². The highest BCUT2D eigenvalue weighted by atomic mass is 19.1. The van der Waals surface area contributed by atoms with Crippen LogP contribution in [0.25, 0.3) is 0 Å². The number of likely N-dealkylation sites (tertiary alicyclic amines) is 1. The normalized spacial score (nSPS) is 17.6. The Bertz CT molecular complexity index is 433. The van der Waals surface area contributed by atoms with E-state index in [1.54, 1.807) is 0 Å². The van der Waals surface area contributed by atoms with Crippen molar-refractivity contribution in [3.05, 3.63) is 35.4 Å². The quantitative estimate of drug-likeness (QED) is 0.780. The molecule has 0 spiro atoms. The Kier molecular flexibility index (Phi) is 4.64. The molecule has 1 aromatic carbocycles. The third kappa shape index (κ3) is 3.38. The van der Waals surface area contributed by atoms with E-state index in [9.17, 15) is 13.6 Å². The van der Waals surface area contributed by atoms with Crippen molar-refractivity contribution in [1.82, 2.24) is 4.90 Å². The number of ketones is 1. The second-order valence-electron chi connectivity index (χ2n) is 5.15. The molecule has 0 aromatic heterocycles. The molecule has 2 rings (SSSR count). The summed E-state index contributed by atoms with van der Waals surface area (Å²) in [6.45, 7) is 3.94. The highest BCUT2D eigenvalue weighted by Gasteiger charge is 2.23. The van der Waals surface area contributed by atoms with Crippen molar-refractivity contribution in [2.24, 2.45) is 5.92 Å². The molecule has 104 valence electrons. The molecule has 1 aliphatic heterocycles. The molecule has 1 saturated heterocycles. The average Bonchev–Trinajstić information content (AvgIpc) is 2.39. The van der Waals surface area contributed by atoms with Crippen LogP contribution in [0.5, 0.6) is 0 Å². The fourth-order valence-electron chi connectivity index (χ4n) is 2.60. The van der Waals surface area contributed by atoms with Gasteiger partial charge in [0.25, 0.3) is 0 Å². The summed E-state index contributed by atoms with van der Waals surface area (Å²) in [6, 6.07) is 3.52. The Labute approximate surface area is 112 Å². The Balaban J connectivity index is 1.98. The van der Waals surface area contributed by atoms with E-state index in [1.807, 2.05) is 4.90 Å². The van der Waals surface area contributed by atoms with E-state index in [2.05, 4.69) is 6.92 Å². The molecular weight excluding hydrogens is 248 g/mol. The van der Waals surface area contributed by atoms with Gasteiger partial charge in [0.15, 0.2) is 5.78 Å². The lowest BCUT2D eigenvalue weighted by Gasteiger charge is -2.30. The minimum Gasteiger partial charge on any atom is -0.296 e. The van der Waals surface area contributed by atoms with Crippen molar-refractivity contribution in [2.45, 2.75) is 26.2 Å². The summed E-state index contributed by atoms with van der Waals surface area (Å²) >= 11 is 0. The lowest BCUT2D eigenvalue weighted by molar-refractivity contribution is 0.0886. The number of halogens is 2. The van der Waals surface area contributed by atoms with E-state index >= 15 is 0 Å².